The number of aryl methyl sites for hydroxylation is 1. The van der Waals surface area contributed by atoms with E-state index in [1.54, 1.807) is 11.3 Å². The van der Waals surface area contributed by atoms with Gasteiger partial charge in [-0.25, -0.2) is 4.79 Å². The molecule has 16 heavy (non-hydrogen) atoms. The highest BCUT2D eigenvalue weighted by Gasteiger charge is 2.01. The summed E-state index contributed by atoms with van der Waals surface area (Å²) in [5.74, 6) is -0.885. The van der Waals surface area contributed by atoms with Crippen LogP contribution in [0.3, 0.4) is 0 Å². The highest BCUT2D eigenvalue weighted by molar-refractivity contribution is 7.10. The van der Waals surface area contributed by atoms with Gasteiger partial charge < -0.3 is 10.4 Å². The fourth-order valence-electron chi connectivity index (χ4n) is 1.47. The van der Waals surface area contributed by atoms with E-state index in [1.807, 2.05) is 6.92 Å². The van der Waals surface area contributed by atoms with Gasteiger partial charge >= 0.3 is 5.97 Å². The zero-order valence-corrected chi connectivity index (χ0v) is 10.4. The minimum absolute atomic E-state index is 0.618. The van der Waals surface area contributed by atoms with E-state index in [-0.39, 0.29) is 0 Å². The van der Waals surface area contributed by atoms with Crippen LogP contribution in [0.4, 0.5) is 0 Å². The molecule has 0 aromatic carbocycles. The van der Waals surface area contributed by atoms with Crippen LogP contribution in [0.15, 0.2) is 23.1 Å². The molecule has 0 saturated heterocycles. The number of hydrogen-bond acceptors (Lipinski definition) is 3. The number of carboxylic acids is 1. The first kappa shape index (κ1) is 12.9. The molecule has 0 spiro atoms. The number of carboxylic acid groups (broad SMARTS) is 1. The van der Waals surface area contributed by atoms with Gasteiger partial charge in [-0.05, 0) is 30.4 Å². The van der Waals surface area contributed by atoms with Gasteiger partial charge in [0.05, 0.1) is 0 Å². The maximum Gasteiger partial charge on any atom is 0.328 e. The lowest BCUT2D eigenvalue weighted by molar-refractivity contribution is -0.131. The molecule has 0 fully saturated rings. The Morgan fingerprint density at radius 2 is 2.38 bits per heavy atom. The van der Waals surface area contributed by atoms with Gasteiger partial charge in [-0.15, -0.1) is 11.3 Å². The lowest BCUT2D eigenvalue weighted by Crippen LogP contribution is -2.16. The number of rotatable bonds is 6. The van der Waals surface area contributed by atoms with Crippen LogP contribution in [0, 0.1) is 0 Å². The molecule has 1 heterocycles. The molecule has 1 rings (SSSR count). The quantitative estimate of drug-likeness (QED) is 0.750. The molecule has 3 nitrogen and oxygen atoms in total. The predicted molar refractivity (Wildman–Crippen MR) is 66.8 cm³/mol. The lowest BCUT2D eigenvalue weighted by Gasteiger charge is -2.04. The third-order valence-electron chi connectivity index (χ3n) is 2.28. The summed E-state index contributed by atoms with van der Waals surface area (Å²) >= 11 is 1.74. The van der Waals surface area contributed by atoms with Gasteiger partial charge in [0, 0.05) is 24.0 Å². The van der Waals surface area contributed by atoms with Gasteiger partial charge in [0.15, 0.2) is 0 Å². The summed E-state index contributed by atoms with van der Waals surface area (Å²) < 4.78 is 0. The van der Waals surface area contributed by atoms with Crippen molar-refractivity contribution in [2.75, 3.05) is 6.54 Å². The Kier molecular flexibility index (Phi) is 5.22. The smallest absolute Gasteiger partial charge is 0.328 e. The van der Waals surface area contributed by atoms with Crippen molar-refractivity contribution in [2.24, 2.45) is 0 Å². The Hall–Kier alpha value is -1.13. The SMILES string of the molecule is CCc1ccsc1CNC/C(C)=C/C(=O)O. The molecule has 0 amide bonds. The fraction of sp³-hybridized carbons (Fsp3) is 0.417. The largest absolute Gasteiger partial charge is 0.478 e. The molecule has 2 N–H and O–H groups in total. The summed E-state index contributed by atoms with van der Waals surface area (Å²) in [6, 6.07) is 2.14. The molecule has 88 valence electrons. The van der Waals surface area contributed by atoms with E-state index in [2.05, 4.69) is 23.7 Å². The summed E-state index contributed by atoms with van der Waals surface area (Å²) in [5, 5.41) is 13.9. The minimum Gasteiger partial charge on any atom is -0.478 e. The van der Waals surface area contributed by atoms with Gasteiger partial charge in [-0.1, -0.05) is 12.5 Å². The van der Waals surface area contributed by atoms with Crippen molar-refractivity contribution in [3.05, 3.63) is 33.5 Å². The second kappa shape index (κ2) is 6.45. The van der Waals surface area contributed by atoms with Gasteiger partial charge in [-0.2, -0.15) is 0 Å². The first-order valence-corrected chi connectivity index (χ1v) is 6.17. The molecule has 1 aromatic heterocycles. The summed E-state index contributed by atoms with van der Waals surface area (Å²) in [6.45, 7) is 5.39. The standard InChI is InChI=1S/C12H17NO2S/c1-3-10-4-5-16-11(10)8-13-7-9(2)6-12(14)15/h4-6,13H,3,7-8H2,1-2H3,(H,14,15)/b9-6+. The van der Waals surface area contributed by atoms with Gasteiger partial charge in [0.25, 0.3) is 0 Å². The van der Waals surface area contributed by atoms with Crippen molar-refractivity contribution >= 4 is 17.3 Å². The Morgan fingerprint density at radius 1 is 1.62 bits per heavy atom. The topological polar surface area (TPSA) is 49.3 Å². The van der Waals surface area contributed by atoms with E-state index in [1.165, 1.54) is 16.5 Å². The first-order valence-electron chi connectivity index (χ1n) is 5.29. The number of thiophene rings is 1. The minimum atomic E-state index is -0.885. The first-order chi connectivity index (χ1) is 7.63. The molecule has 0 radical (unpaired) electrons. The molecule has 0 atom stereocenters. The van der Waals surface area contributed by atoms with Crippen LogP contribution >= 0.6 is 11.3 Å². The second-order valence-corrected chi connectivity index (χ2v) is 4.66. The summed E-state index contributed by atoms with van der Waals surface area (Å²) in [6.07, 6.45) is 2.28. The van der Waals surface area contributed by atoms with Crippen molar-refractivity contribution in [3.8, 4) is 0 Å². The highest BCUT2D eigenvalue weighted by Crippen LogP contribution is 2.16. The molecule has 1 aromatic rings. The number of aliphatic carboxylic acids is 1. The van der Waals surface area contributed by atoms with Crippen molar-refractivity contribution in [3.63, 3.8) is 0 Å². The molecular formula is C12H17NO2S. The van der Waals surface area contributed by atoms with Crippen molar-refractivity contribution in [1.82, 2.24) is 5.32 Å². The molecule has 4 heteroatoms. The van der Waals surface area contributed by atoms with Crippen LogP contribution in [-0.4, -0.2) is 17.6 Å². The maximum absolute atomic E-state index is 10.4. The van der Waals surface area contributed by atoms with Crippen molar-refractivity contribution in [2.45, 2.75) is 26.8 Å². The molecule has 0 aliphatic carbocycles. The Morgan fingerprint density at radius 3 is 3.00 bits per heavy atom. The molecule has 0 bridgehead atoms. The molecular weight excluding hydrogens is 222 g/mol. The van der Waals surface area contributed by atoms with Crippen LogP contribution in [0.5, 0.6) is 0 Å². The van der Waals surface area contributed by atoms with Gasteiger partial charge in [-0.3, -0.25) is 0 Å². The van der Waals surface area contributed by atoms with Crippen LogP contribution < -0.4 is 5.32 Å². The fourth-order valence-corrected chi connectivity index (χ4v) is 2.42. The molecule has 0 saturated carbocycles. The van der Waals surface area contributed by atoms with E-state index in [0.717, 1.165) is 18.5 Å². The average Bonchev–Trinajstić information content (AvgIpc) is 2.64. The van der Waals surface area contributed by atoms with Crippen molar-refractivity contribution < 1.29 is 9.90 Å². The Balaban J connectivity index is 2.39. The van der Waals surface area contributed by atoms with E-state index in [9.17, 15) is 4.79 Å². The van der Waals surface area contributed by atoms with Crippen molar-refractivity contribution in [1.29, 1.82) is 0 Å². The van der Waals surface area contributed by atoms with Crippen LogP contribution in [0.1, 0.15) is 24.3 Å². The van der Waals surface area contributed by atoms with E-state index < -0.39 is 5.97 Å². The third-order valence-corrected chi connectivity index (χ3v) is 3.24. The van der Waals surface area contributed by atoms with Gasteiger partial charge in [0.2, 0.25) is 0 Å². The third kappa shape index (κ3) is 4.16. The normalized spacial score (nSPS) is 11.8. The van der Waals surface area contributed by atoms with E-state index in [4.69, 9.17) is 5.11 Å². The molecule has 0 aliphatic heterocycles. The zero-order valence-electron chi connectivity index (χ0n) is 9.62. The Labute approximate surface area is 99.8 Å². The van der Waals surface area contributed by atoms with Gasteiger partial charge in [0.1, 0.15) is 0 Å². The highest BCUT2D eigenvalue weighted by atomic mass is 32.1. The number of carbonyl (C=O) groups is 1. The maximum atomic E-state index is 10.4. The van der Waals surface area contributed by atoms with Crippen LogP contribution in [0.2, 0.25) is 0 Å². The number of nitrogens with one attached hydrogen (secondary N) is 1. The summed E-state index contributed by atoms with van der Waals surface area (Å²) in [5.41, 5.74) is 2.21. The van der Waals surface area contributed by atoms with Crippen LogP contribution in [-0.2, 0) is 17.8 Å². The van der Waals surface area contributed by atoms with E-state index in [0.29, 0.717) is 6.54 Å². The predicted octanol–water partition coefficient (Wildman–Crippen LogP) is 2.43. The van der Waals surface area contributed by atoms with Crippen LogP contribution in [0.25, 0.3) is 0 Å². The summed E-state index contributed by atoms with van der Waals surface area (Å²) in [4.78, 5) is 11.7. The van der Waals surface area contributed by atoms with E-state index >= 15 is 0 Å². The lowest BCUT2D eigenvalue weighted by atomic mass is 10.2. The average molecular weight is 239 g/mol. The summed E-state index contributed by atoms with van der Waals surface area (Å²) in [7, 11) is 0. The number of hydrogen-bond donors (Lipinski definition) is 2. The zero-order chi connectivity index (χ0) is 12.0. The molecule has 0 aliphatic rings. The molecule has 0 unspecified atom stereocenters. The second-order valence-electron chi connectivity index (χ2n) is 3.66. The Bertz CT molecular complexity index is 382. The monoisotopic (exact) mass is 239 g/mol.